The number of benzene rings is 1. The molecule has 0 unspecified atom stereocenters. The molecule has 2 rings (SSSR count). The summed E-state index contributed by atoms with van der Waals surface area (Å²) in [6, 6.07) is 9.19. The molecule has 2 N–H and O–H groups in total. The number of carbonyl (C=O) groups is 2. The third-order valence-corrected chi connectivity index (χ3v) is 4.14. The first-order valence-corrected chi connectivity index (χ1v) is 7.86. The summed E-state index contributed by atoms with van der Waals surface area (Å²) in [4.78, 5) is 24.4. The topological polar surface area (TPSA) is 71.3 Å². The number of furan rings is 1. The molecule has 0 fully saturated rings. The van der Waals surface area contributed by atoms with Crippen LogP contribution in [0.1, 0.15) is 16.1 Å². The van der Waals surface area contributed by atoms with Gasteiger partial charge in [0, 0.05) is 9.37 Å². The molecule has 7 heteroatoms. The van der Waals surface area contributed by atoms with Crippen LogP contribution < -0.4 is 10.9 Å². The fraction of sp³-hybridized carbons (Fsp3) is 0.143. The van der Waals surface area contributed by atoms with Crippen LogP contribution in [0.2, 0.25) is 0 Å². The van der Waals surface area contributed by atoms with Crippen molar-refractivity contribution in [1.29, 1.82) is 0 Å². The van der Waals surface area contributed by atoms with Gasteiger partial charge >= 0.3 is 0 Å². The predicted molar refractivity (Wildman–Crippen MR) is 83.9 cm³/mol. The lowest BCUT2D eigenvalue weighted by atomic mass is 10.2. The summed E-state index contributed by atoms with van der Waals surface area (Å²) >= 11 is 4.73. The zero-order chi connectivity index (χ0) is 15.2. The molecule has 2 amide bonds. The second-order valence-corrected chi connectivity index (χ2v) is 6.10. The monoisotopic (exact) mass is 368 g/mol. The number of carbonyl (C=O) groups excluding carboxylic acids is 2. The average Bonchev–Trinajstić information content (AvgIpc) is 2.90. The van der Waals surface area contributed by atoms with Crippen molar-refractivity contribution in [3.05, 3.63) is 52.4 Å². The number of amides is 2. The lowest BCUT2D eigenvalue weighted by molar-refractivity contribution is -0.119. The summed E-state index contributed by atoms with van der Waals surface area (Å²) in [5.41, 5.74) is 5.12. The van der Waals surface area contributed by atoms with Crippen molar-refractivity contribution in [2.75, 3.05) is 5.75 Å². The van der Waals surface area contributed by atoms with E-state index < -0.39 is 5.91 Å². The highest BCUT2D eigenvalue weighted by atomic mass is 79.9. The van der Waals surface area contributed by atoms with Gasteiger partial charge < -0.3 is 4.42 Å². The predicted octanol–water partition coefficient (Wildman–Crippen LogP) is 2.90. The first-order valence-electron chi connectivity index (χ1n) is 6.08. The fourth-order valence-corrected chi connectivity index (χ4v) is 2.49. The number of thioether (sulfide) groups is 1. The largest absolute Gasteiger partial charge is 0.469 e. The van der Waals surface area contributed by atoms with Gasteiger partial charge in [-0.2, -0.15) is 0 Å². The van der Waals surface area contributed by atoms with Gasteiger partial charge in [-0.25, -0.2) is 0 Å². The third kappa shape index (κ3) is 4.64. The van der Waals surface area contributed by atoms with Crippen molar-refractivity contribution >= 4 is 39.5 Å². The molecule has 0 saturated carbocycles. The Morgan fingerprint density at radius 2 is 1.90 bits per heavy atom. The van der Waals surface area contributed by atoms with Crippen LogP contribution in [0.3, 0.4) is 0 Å². The summed E-state index contributed by atoms with van der Waals surface area (Å²) in [7, 11) is 0. The fourth-order valence-electron chi connectivity index (χ4n) is 1.53. The van der Waals surface area contributed by atoms with Gasteiger partial charge in [0.05, 0.1) is 17.6 Å². The number of rotatable bonds is 4. The van der Waals surface area contributed by atoms with E-state index >= 15 is 0 Å². The first kappa shape index (κ1) is 15.7. The van der Waals surface area contributed by atoms with Crippen LogP contribution >= 0.6 is 27.7 Å². The summed E-state index contributed by atoms with van der Waals surface area (Å²) in [6.45, 7) is 1.68. The van der Waals surface area contributed by atoms with Crippen LogP contribution in [-0.2, 0) is 4.79 Å². The quantitative estimate of drug-likeness (QED) is 0.642. The summed E-state index contributed by atoms with van der Waals surface area (Å²) in [6.07, 6.45) is 1.43. The molecule has 0 radical (unpaired) electrons. The first-order chi connectivity index (χ1) is 10.1. The molecule has 0 aliphatic heterocycles. The van der Waals surface area contributed by atoms with Crippen LogP contribution in [0.25, 0.3) is 0 Å². The van der Waals surface area contributed by atoms with Gasteiger partial charge in [-0.05, 0) is 37.3 Å². The van der Waals surface area contributed by atoms with Gasteiger partial charge in [-0.1, -0.05) is 15.9 Å². The van der Waals surface area contributed by atoms with Crippen LogP contribution in [0, 0.1) is 6.92 Å². The molecule has 5 nitrogen and oxygen atoms in total. The highest BCUT2D eigenvalue weighted by Crippen LogP contribution is 2.20. The Morgan fingerprint density at radius 3 is 2.52 bits per heavy atom. The van der Waals surface area contributed by atoms with Crippen LogP contribution in [0.15, 0.2) is 50.4 Å². The Kier molecular flexibility index (Phi) is 5.46. The molecular formula is C14H13BrN2O3S. The Hall–Kier alpha value is -1.73. The highest BCUT2D eigenvalue weighted by Gasteiger charge is 2.12. The molecule has 0 saturated heterocycles. The van der Waals surface area contributed by atoms with E-state index in [9.17, 15) is 9.59 Å². The standard InChI is InChI=1S/C14H13BrN2O3S/c1-9-12(6-7-20-9)14(19)17-16-13(18)8-21-11-4-2-10(15)3-5-11/h2-7H,8H2,1H3,(H,16,18)(H,17,19). The molecule has 2 aromatic rings. The van der Waals surface area contributed by atoms with Gasteiger partial charge in [0.15, 0.2) is 0 Å². The van der Waals surface area contributed by atoms with E-state index in [0.717, 1.165) is 9.37 Å². The van der Waals surface area contributed by atoms with Gasteiger partial charge in [0.1, 0.15) is 5.76 Å². The maximum absolute atomic E-state index is 11.7. The molecule has 0 bridgehead atoms. The normalized spacial score (nSPS) is 10.2. The molecule has 1 aromatic heterocycles. The van der Waals surface area contributed by atoms with Gasteiger partial charge in [0.2, 0.25) is 5.91 Å². The van der Waals surface area contributed by atoms with Crippen molar-refractivity contribution in [2.45, 2.75) is 11.8 Å². The summed E-state index contributed by atoms with van der Waals surface area (Å²) in [5, 5.41) is 0. The SMILES string of the molecule is Cc1occc1C(=O)NNC(=O)CSc1ccc(Br)cc1. The smallest absolute Gasteiger partial charge is 0.273 e. The molecule has 0 atom stereocenters. The van der Waals surface area contributed by atoms with Crippen molar-refractivity contribution in [3.8, 4) is 0 Å². The zero-order valence-electron chi connectivity index (χ0n) is 11.2. The second-order valence-electron chi connectivity index (χ2n) is 4.14. The lowest BCUT2D eigenvalue weighted by Crippen LogP contribution is -2.42. The van der Waals surface area contributed by atoms with Crippen LogP contribution in [-0.4, -0.2) is 17.6 Å². The maximum Gasteiger partial charge on any atom is 0.273 e. The minimum atomic E-state index is -0.400. The summed E-state index contributed by atoms with van der Waals surface area (Å²) in [5.74, 6) is 0.0402. The van der Waals surface area contributed by atoms with E-state index in [1.807, 2.05) is 24.3 Å². The van der Waals surface area contributed by atoms with Crippen molar-refractivity contribution in [2.24, 2.45) is 0 Å². The zero-order valence-corrected chi connectivity index (χ0v) is 13.6. The van der Waals surface area contributed by atoms with Crippen LogP contribution in [0.4, 0.5) is 0 Å². The molecule has 1 heterocycles. The molecule has 0 aliphatic carbocycles. The Bertz CT molecular complexity index is 640. The van der Waals surface area contributed by atoms with Crippen molar-refractivity contribution in [1.82, 2.24) is 10.9 Å². The molecule has 1 aromatic carbocycles. The minimum absolute atomic E-state index is 0.215. The third-order valence-electron chi connectivity index (χ3n) is 2.60. The molecule has 110 valence electrons. The van der Waals surface area contributed by atoms with Crippen LogP contribution in [0.5, 0.6) is 0 Å². The molecular weight excluding hydrogens is 356 g/mol. The number of nitrogens with one attached hydrogen (secondary N) is 2. The molecule has 0 aliphatic rings. The van der Waals surface area contributed by atoms with Gasteiger partial charge in [-0.15, -0.1) is 11.8 Å². The van der Waals surface area contributed by atoms with E-state index in [1.54, 1.807) is 13.0 Å². The maximum atomic E-state index is 11.7. The average molecular weight is 369 g/mol. The second kappa shape index (κ2) is 7.33. The van der Waals surface area contributed by atoms with E-state index in [1.165, 1.54) is 18.0 Å². The summed E-state index contributed by atoms with van der Waals surface area (Å²) < 4.78 is 6.01. The lowest BCUT2D eigenvalue weighted by Gasteiger charge is -2.06. The van der Waals surface area contributed by atoms with Crippen molar-refractivity contribution in [3.63, 3.8) is 0 Å². The molecule has 0 spiro atoms. The molecule has 21 heavy (non-hydrogen) atoms. The number of aryl methyl sites for hydroxylation is 1. The van der Waals surface area contributed by atoms with Gasteiger partial charge in [-0.3, -0.25) is 20.4 Å². The number of halogens is 1. The van der Waals surface area contributed by atoms with E-state index in [4.69, 9.17) is 4.42 Å². The van der Waals surface area contributed by atoms with E-state index in [-0.39, 0.29) is 11.7 Å². The van der Waals surface area contributed by atoms with E-state index in [2.05, 4.69) is 26.8 Å². The number of hydrazine groups is 1. The highest BCUT2D eigenvalue weighted by molar-refractivity contribution is 9.10. The van der Waals surface area contributed by atoms with Crippen molar-refractivity contribution < 1.29 is 14.0 Å². The Labute approximate surface area is 134 Å². The number of hydrogen-bond acceptors (Lipinski definition) is 4. The van der Waals surface area contributed by atoms with Gasteiger partial charge in [0.25, 0.3) is 5.91 Å². The number of hydrogen-bond donors (Lipinski definition) is 2. The van der Waals surface area contributed by atoms with E-state index in [0.29, 0.717) is 11.3 Å². The Balaban J connectivity index is 1.76. The Morgan fingerprint density at radius 1 is 1.19 bits per heavy atom. The minimum Gasteiger partial charge on any atom is -0.469 e.